The molecule has 0 heterocycles. The van der Waals surface area contributed by atoms with Crippen LogP contribution in [0.25, 0.3) is 0 Å². The van der Waals surface area contributed by atoms with Crippen molar-refractivity contribution in [2.45, 2.75) is 73.1 Å². The molecule has 0 amide bonds. The maximum absolute atomic E-state index is 3.71. The molecule has 2 atom stereocenters. The highest BCUT2D eigenvalue weighted by molar-refractivity contribution is 5.04. The van der Waals surface area contributed by atoms with Gasteiger partial charge in [-0.1, -0.05) is 47.5 Å². The van der Waals surface area contributed by atoms with Crippen LogP contribution in [0.3, 0.4) is 0 Å². The van der Waals surface area contributed by atoms with Gasteiger partial charge in [-0.15, -0.1) is 0 Å². The van der Waals surface area contributed by atoms with Gasteiger partial charge >= 0.3 is 0 Å². The van der Waals surface area contributed by atoms with Crippen molar-refractivity contribution in [1.29, 1.82) is 0 Å². The van der Waals surface area contributed by atoms with Gasteiger partial charge in [-0.25, -0.2) is 0 Å². The van der Waals surface area contributed by atoms with Crippen molar-refractivity contribution in [2.75, 3.05) is 0 Å². The molecule has 0 aromatic rings. The van der Waals surface area contributed by atoms with Crippen molar-refractivity contribution in [1.82, 2.24) is 0 Å². The van der Waals surface area contributed by atoms with Gasteiger partial charge in [-0.2, -0.15) is 0 Å². The largest absolute Gasteiger partial charge is 0.0654 e. The van der Waals surface area contributed by atoms with Gasteiger partial charge < -0.3 is 0 Å². The van der Waals surface area contributed by atoms with Crippen LogP contribution >= 0.6 is 0 Å². The van der Waals surface area contributed by atoms with Crippen LogP contribution in [-0.4, -0.2) is 0 Å². The zero-order valence-electron chi connectivity index (χ0n) is 11.3. The van der Waals surface area contributed by atoms with E-state index in [1.165, 1.54) is 38.5 Å². The average molecular weight is 208 g/mol. The van der Waals surface area contributed by atoms with Gasteiger partial charge in [0.2, 0.25) is 0 Å². The molecular weight excluding hydrogens is 180 g/mol. The highest BCUT2D eigenvalue weighted by Gasteiger charge is 2.47. The summed E-state index contributed by atoms with van der Waals surface area (Å²) in [5.41, 5.74) is 0.777. The van der Waals surface area contributed by atoms with E-state index in [0.29, 0.717) is 10.8 Å². The van der Waals surface area contributed by atoms with Crippen molar-refractivity contribution in [3.63, 3.8) is 0 Å². The first-order chi connectivity index (χ1) is 6.98. The summed E-state index contributed by atoms with van der Waals surface area (Å²) in [6.07, 6.45) is 11.7. The second kappa shape index (κ2) is 4.89. The summed E-state index contributed by atoms with van der Waals surface area (Å²) in [6.45, 7) is 11.9. The number of hydrogen-bond donors (Lipinski definition) is 0. The monoisotopic (exact) mass is 208 g/mol. The Labute approximate surface area is 96.8 Å². The molecule has 0 aliphatic heterocycles. The minimum atomic E-state index is 0.304. The number of hydrogen-bond acceptors (Lipinski definition) is 0. The maximum Gasteiger partial charge on any atom is -0.0106 e. The summed E-state index contributed by atoms with van der Waals surface area (Å²) in [5.74, 6) is 0.915. The van der Waals surface area contributed by atoms with E-state index in [1.54, 1.807) is 0 Å². The number of rotatable bonds is 4. The summed E-state index contributed by atoms with van der Waals surface area (Å²) < 4.78 is 0. The predicted molar refractivity (Wildman–Crippen MR) is 67.7 cm³/mol. The third-order valence-corrected chi connectivity index (χ3v) is 5.03. The molecule has 0 nitrogen and oxygen atoms in total. The Hall–Kier alpha value is 0. The van der Waals surface area contributed by atoms with Crippen LogP contribution in [-0.2, 0) is 0 Å². The molecule has 0 N–H and O–H groups in total. The molecule has 0 aromatic carbocycles. The molecule has 2 radical (unpaired) electrons. The highest BCUT2D eigenvalue weighted by Crippen LogP contribution is 2.56. The van der Waals surface area contributed by atoms with Crippen LogP contribution in [0.4, 0.5) is 0 Å². The van der Waals surface area contributed by atoms with Crippen LogP contribution in [0.1, 0.15) is 73.1 Å². The van der Waals surface area contributed by atoms with E-state index in [2.05, 4.69) is 41.0 Å². The summed E-state index contributed by atoms with van der Waals surface area (Å²) >= 11 is 0. The lowest BCUT2D eigenvalue weighted by Crippen LogP contribution is -2.44. The number of unbranched alkanes of at least 4 members (excludes halogenated alkanes) is 1. The van der Waals surface area contributed by atoms with Crippen molar-refractivity contribution >= 4 is 0 Å². The molecule has 0 spiro atoms. The van der Waals surface area contributed by atoms with Crippen molar-refractivity contribution in [3.05, 3.63) is 6.42 Å². The molecule has 2 unspecified atom stereocenters. The first kappa shape index (κ1) is 13.1. The standard InChI is InChI=1S/C15H28/c1-6-8-10-13-11-9-12-14(3,4)15(13,5)7-2/h13H,6-11H2,1-5H3. The second-order valence-corrected chi connectivity index (χ2v) is 5.95. The lowest BCUT2D eigenvalue weighted by atomic mass is 9.52. The molecule has 1 aliphatic carbocycles. The zero-order valence-corrected chi connectivity index (χ0v) is 11.3. The summed E-state index contributed by atoms with van der Waals surface area (Å²) in [6, 6.07) is 0. The average Bonchev–Trinajstić information content (AvgIpc) is 2.20. The Kier molecular flexibility index (Phi) is 4.26. The molecule has 1 aliphatic rings. The molecule has 1 fully saturated rings. The SMILES string of the molecule is CCCCC1CC[C]C(C)(C)C1(C)CC. The summed E-state index contributed by atoms with van der Waals surface area (Å²) in [7, 11) is 0. The Bertz CT molecular complexity index is 192. The molecule has 0 bridgehead atoms. The molecular formula is C15H28. The van der Waals surface area contributed by atoms with E-state index >= 15 is 0 Å². The Morgan fingerprint density at radius 3 is 2.40 bits per heavy atom. The first-order valence-electron chi connectivity index (χ1n) is 6.73. The fourth-order valence-corrected chi connectivity index (χ4v) is 3.23. The quantitative estimate of drug-likeness (QED) is 0.602. The zero-order chi connectivity index (χ0) is 11.5. The van der Waals surface area contributed by atoms with Gasteiger partial charge in [0.15, 0.2) is 0 Å². The van der Waals surface area contributed by atoms with Crippen molar-refractivity contribution in [2.24, 2.45) is 16.7 Å². The van der Waals surface area contributed by atoms with Gasteiger partial charge in [0, 0.05) is 0 Å². The van der Waals surface area contributed by atoms with Crippen molar-refractivity contribution < 1.29 is 0 Å². The normalized spacial score (nSPS) is 35.4. The smallest absolute Gasteiger partial charge is 0.0106 e. The summed E-state index contributed by atoms with van der Waals surface area (Å²) in [4.78, 5) is 0. The minimum absolute atomic E-state index is 0.304. The van der Waals surface area contributed by atoms with Crippen LogP contribution in [0.15, 0.2) is 0 Å². The second-order valence-electron chi connectivity index (χ2n) is 5.95. The van der Waals surface area contributed by atoms with Gasteiger partial charge in [0.25, 0.3) is 0 Å². The predicted octanol–water partition coefficient (Wildman–Crippen LogP) is 5.11. The fourth-order valence-electron chi connectivity index (χ4n) is 3.23. The molecule has 1 saturated carbocycles. The van der Waals surface area contributed by atoms with Gasteiger partial charge in [0.1, 0.15) is 0 Å². The Morgan fingerprint density at radius 2 is 1.87 bits per heavy atom. The van der Waals surface area contributed by atoms with E-state index in [1.807, 2.05) is 0 Å². The molecule has 1 rings (SSSR count). The fraction of sp³-hybridized carbons (Fsp3) is 0.933. The van der Waals surface area contributed by atoms with E-state index in [-0.39, 0.29) is 0 Å². The third kappa shape index (κ3) is 2.40. The molecule has 0 aromatic heterocycles. The Balaban J connectivity index is 2.76. The molecule has 0 saturated heterocycles. The third-order valence-electron chi connectivity index (χ3n) is 5.03. The maximum atomic E-state index is 3.71. The summed E-state index contributed by atoms with van der Waals surface area (Å²) in [5, 5.41) is 0. The molecule has 88 valence electrons. The van der Waals surface area contributed by atoms with Gasteiger partial charge in [-0.05, 0) is 48.9 Å². The van der Waals surface area contributed by atoms with Crippen molar-refractivity contribution in [3.8, 4) is 0 Å². The van der Waals surface area contributed by atoms with Crippen LogP contribution < -0.4 is 0 Å². The van der Waals surface area contributed by atoms with E-state index in [4.69, 9.17) is 0 Å². The van der Waals surface area contributed by atoms with Gasteiger partial charge in [0.05, 0.1) is 0 Å². The lowest BCUT2D eigenvalue weighted by molar-refractivity contribution is 0.00228. The van der Waals surface area contributed by atoms with E-state index in [0.717, 1.165) is 5.92 Å². The molecule has 15 heavy (non-hydrogen) atoms. The van der Waals surface area contributed by atoms with E-state index < -0.39 is 0 Å². The topological polar surface area (TPSA) is 0 Å². The van der Waals surface area contributed by atoms with Crippen LogP contribution in [0, 0.1) is 23.2 Å². The first-order valence-corrected chi connectivity index (χ1v) is 6.73. The highest BCUT2D eigenvalue weighted by atomic mass is 14.5. The molecule has 0 heteroatoms. The van der Waals surface area contributed by atoms with Crippen LogP contribution in [0.5, 0.6) is 0 Å². The minimum Gasteiger partial charge on any atom is -0.0654 e. The van der Waals surface area contributed by atoms with Crippen LogP contribution in [0.2, 0.25) is 0 Å². The van der Waals surface area contributed by atoms with Gasteiger partial charge in [-0.3, -0.25) is 0 Å². The lowest BCUT2D eigenvalue weighted by Gasteiger charge is -2.53. The van der Waals surface area contributed by atoms with E-state index in [9.17, 15) is 0 Å². The Morgan fingerprint density at radius 1 is 1.20 bits per heavy atom.